The van der Waals surface area contributed by atoms with Crippen molar-refractivity contribution < 1.29 is 9.90 Å². The molecule has 0 aromatic carbocycles. The predicted octanol–water partition coefficient (Wildman–Crippen LogP) is 1.64. The largest absolute Gasteiger partial charge is 0.481 e. The van der Waals surface area contributed by atoms with Gasteiger partial charge >= 0.3 is 5.97 Å². The Morgan fingerprint density at radius 1 is 1.50 bits per heavy atom. The molecule has 10 heavy (non-hydrogen) atoms. The second-order valence-corrected chi connectivity index (χ2v) is 2.96. The first-order chi connectivity index (χ1) is 4.72. The number of halogens is 1. The zero-order valence-corrected chi connectivity index (χ0v) is 6.21. The van der Waals surface area contributed by atoms with Crippen LogP contribution in [0.1, 0.15) is 12.8 Å². The zero-order valence-electron chi connectivity index (χ0n) is 5.46. The maximum Gasteiger partial charge on any atom is 0.308 e. The lowest BCUT2D eigenvalue weighted by Gasteiger charge is -2.18. The van der Waals surface area contributed by atoms with E-state index in [4.69, 9.17) is 16.7 Å². The molecule has 1 rings (SSSR count). The SMILES string of the molecule is O=C(O)[C@@H]1CC=CC[C@H]1Cl. The summed E-state index contributed by atoms with van der Waals surface area (Å²) in [6.45, 7) is 0. The summed E-state index contributed by atoms with van der Waals surface area (Å²) >= 11 is 5.75. The number of hydrogen-bond acceptors (Lipinski definition) is 1. The molecule has 0 aromatic heterocycles. The second kappa shape index (κ2) is 3.06. The number of allylic oxidation sites excluding steroid dienone is 2. The Labute approximate surface area is 64.5 Å². The maximum absolute atomic E-state index is 10.4. The molecule has 2 atom stereocenters. The Morgan fingerprint density at radius 3 is 2.50 bits per heavy atom. The Bertz CT molecular complexity index is 165. The van der Waals surface area contributed by atoms with Crippen molar-refractivity contribution in [3.05, 3.63) is 12.2 Å². The summed E-state index contributed by atoms with van der Waals surface area (Å²) in [6, 6.07) is 0. The van der Waals surface area contributed by atoms with Crippen LogP contribution in [0.4, 0.5) is 0 Å². The number of carboxylic acid groups (broad SMARTS) is 1. The van der Waals surface area contributed by atoms with Crippen molar-refractivity contribution in [1.29, 1.82) is 0 Å². The van der Waals surface area contributed by atoms with Crippen LogP contribution in [0.25, 0.3) is 0 Å². The van der Waals surface area contributed by atoms with Gasteiger partial charge in [0, 0.05) is 0 Å². The molecule has 0 heterocycles. The number of carbonyl (C=O) groups is 1. The molecule has 1 aliphatic rings. The molecule has 0 amide bonds. The molecule has 0 radical (unpaired) electrons. The fourth-order valence-corrected chi connectivity index (χ4v) is 1.35. The highest BCUT2D eigenvalue weighted by Crippen LogP contribution is 2.23. The third-order valence-electron chi connectivity index (χ3n) is 1.67. The zero-order chi connectivity index (χ0) is 7.56. The second-order valence-electron chi connectivity index (χ2n) is 2.40. The van der Waals surface area contributed by atoms with Crippen LogP contribution in [-0.4, -0.2) is 16.5 Å². The molecule has 2 nitrogen and oxygen atoms in total. The Balaban J connectivity index is 2.59. The van der Waals surface area contributed by atoms with Gasteiger partial charge < -0.3 is 5.11 Å². The van der Waals surface area contributed by atoms with Crippen molar-refractivity contribution in [3.8, 4) is 0 Å². The fourth-order valence-electron chi connectivity index (χ4n) is 1.04. The molecule has 56 valence electrons. The monoisotopic (exact) mass is 160 g/mol. The number of carboxylic acids is 1. The van der Waals surface area contributed by atoms with E-state index < -0.39 is 5.97 Å². The predicted molar refractivity (Wildman–Crippen MR) is 39.1 cm³/mol. The van der Waals surface area contributed by atoms with Gasteiger partial charge in [0.2, 0.25) is 0 Å². The first-order valence-electron chi connectivity index (χ1n) is 3.23. The topological polar surface area (TPSA) is 37.3 Å². The van der Waals surface area contributed by atoms with E-state index in [0.717, 1.165) is 0 Å². The lowest BCUT2D eigenvalue weighted by Crippen LogP contribution is -2.25. The molecule has 1 N–H and O–H groups in total. The van der Waals surface area contributed by atoms with Crippen LogP contribution in [0.2, 0.25) is 0 Å². The number of hydrogen-bond donors (Lipinski definition) is 1. The summed E-state index contributed by atoms with van der Waals surface area (Å²) in [5, 5.41) is 8.37. The van der Waals surface area contributed by atoms with Crippen molar-refractivity contribution in [2.45, 2.75) is 18.2 Å². The highest BCUT2D eigenvalue weighted by molar-refractivity contribution is 6.22. The molecule has 0 aromatic rings. The van der Waals surface area contributed by atoms with Crippen LogP contribution >= 0.6 is 11.6 Å². The van der Waals surface area contributed by atoms with Gasteiger partial charge in [0.15, 0.2) is 0 Å². The molecule has 0 spiro atoms. The van der Waals surface area contributed by atoms with E-state index in [0.29, 0.717) is 12.8 Å². The molecule has 3 heteroatoms. The Kier molecular flexibility index (Phi) is 2.33. The van der Waals surface area contributed by atoms with Crippen molar-refractivity contribution in [1.82, 2.24) is 0 Å². The quantitative estimate of drug-likeness (QED) is 0.468. The van der Waals surface area contributed by atoms with Crippen molar-refractivity contribution in [3.63, 3.8) is 0 Å². The van der Waals surface area contributed by atoms with Crippen molar-refractivity contribution in [2.24, 2.45) is 5.92 Å². The first kappa shape index (κ1) is 7.61. The van der Waals surface area contributed by atoms with E-state index in [1.165, 1.54) is 0 Å². The van der Waals surface area contributed by atoms with Gasteiger partial charge in [-0.2, -0.15) is 0 Å². The average molecular weight is 161 g/mol. The molecular weight excluding hydrogens is 152 g/mol. The van der Waals surface area contributed by atoms with Crippen LogP contribution in [0.15, 0.2) is 12.2 Å². The van der Waals surface area contributed by atoms with Gasteiger partial charge in [-0.25, -0.2) is 0 Å². The van der Waals surface area contributed by atoms with Gasteiger partial charge in [-0.3, -0.25) is 4.79 Å². The van der Waals surface area contributed by atoms with Crippen LogP contribution < -0.4 is 0 Å². The molecule has 1 aliphatic carbocycles. The minimum absolute atomic E-state index is 0.220. The Hall–Kier alpha value is -0.500. The van der Waals surface area contributed by atoms with Crippen LogP contribution in [-0.2, 0) is 4.79 Å². The maximum atomic E-state index is 10.4. The summed E-state index contributed by atoms with van der Waals surface area (Å²) in [5.41, 5.74) is 0. The van der Waals surface area contributed by atoms with Crippen molar-refractivity contribution >= 4 is 17.6 Å². The number of rotatable bonds is 1. The smallest absolute Gasteiger partial charge is 0.308 e. The standard InChI is InChI=1S/C7H9ClO2/c8-6-4-2-1-3-5(6)7(9)10/h1-2,5-6H,3-4H2,(H,9,10)/t5-,6-/m1/s1. The minimum atomic E-state index is -0.788. The van der Waals surface area contributed by atoms with Gasteiger partial charge in [-0.1, -0.05) is 12.2 Å². The van der Waals surface area contributed by atoms with Crippen LogP contribution in [0.3, 0.4) is 0 Å². The lowest BCUT2D eigenvalue weighted by molar-refractivity contribution is -0.141. The minimum Gasteiger partial charge on any atom is -0.481 e. The van der Waals surface area contributed by atoms with E-state index in [2.05, 4.69) is 0 Å². The summed E-state index contributed by atoms with van der Waals surface area (Å²) in [7, 11) is 0. The van der Waals surface area contributed by atoms with Crippen LogP contribution in [0.5, 0.6) is 0 Å². The highest BCUT2D eigenvalue weighted by atomic mass is 35.5. The van der Waals surface area contributed by atoms with Gasteiger partial charge in [0.25, 0.3) is 0 Å². The van der Waals surface area contributed by atoms with Gasteiger partial charge in [0.1, 0.15) is 0 Å². The lowest BCUT2D eigenvalue weighted by atomic mass is 9.94. The number of alkyl halides is 1. The molecule has 0 saturated heterocycles. The molecule has 0 unspecified atom stereocenters. The first-order valence-corrected chi connectivity index (χ1v) is 3.67. The Morgan fingerprint density at radius 2 is 2.10 bits per heavy atom. The van der Waals surface area contributed by atoms with E-state index in [1.807, 2.05) is 12.2 Å². The summed E-state index contributed by atoms with van der Waals surface area (Å²) in [5.74, 6) is -1.17. The molecule has 0 aliphatic heterocycles. The summed E-state index contributed by atoms with van der Waals surface area (Å²) in [4.78, 5) is 10.4. The van der Waals surface area contributed by atoms with E-state index in [-0.39, 0.29) is 11.3 Å². The van der Waals surface area contributed by atoms with Gasteiger partial charge in [-0.15, -0.1) is 11.6 Å². The molecule has 0 fully saturated rings. The third kappa shape index (κ3) is 1.51. The third-order valence-corrected chi connectivity index (χ3v) is 2.15. The van der Waals surface area contributed by atoms with E-state index in [9.17, 15) is 4.79 Å². The number of aliphatic carboxylic acids is 1. The highest BCUT2D eigenvalue weighted by Gasteiger charge is 2.26. The van der Waals surface area contributed by atoms with Crippen LogP contribution in [0, 0.1) is 5.92 Å². The van der Waals surface area contributed by atoms with E-state index in [1.54, 1.807) is 0 Å². The van der Waals surface area contributed by atoms with Gasteiger partial charge in [0.05, 0.1) is 11.3 Å². The van der Waals surface area contributed by atoms with Gasteiger partial charge in [-0.05, 0) is 12.8 Å². The molecule has 0 saturated carbocycles. The molecule has 0 bridgehead atoms. The fraction of sp³-hybridized carbons (Fsp3) is 0.571. The molecular formula is C7H9ClO2. The van der Waals surface area contributed by atoms with E-state index >= 15 is 0 Å². The van der Waals surface area contributed by atoms with Crippen molar-refractivity contribution in [2.75, 3.05) is 0 Å². The normalized spacial score (nSPS) is 32.1. The summed E-state index contributed by atoms with van der Waals surface area (Å²) < 4.78 is 0. The summed E-state index contributed by atoms with van der Waals surface area (Å²) in [6.07, 6.45) is 5.05. The average Bonchev–Trinajstić information content (AvgIpc) is 1.88.